The molecule has 2 aromatic heterocycles. The van der Waals surface area contributed by atoms with Gasteiger partial charge in [-0.1, -0.05) is 31.2 Å². The topological polar surface area (TPSA) is 37.3 Å². The van der Waals surface area contributed by atoms with Crippen LogP contribution in [-0.2, 0) is 6.42 Å². The van der Waals surface area contributed by atoms with Crippen molar-refractivity contribution in [1.29, 1.82) is 0 Å². The van der Waals surface area contributed by atoms with Crippen molar-refractivity contribution in [3.63, 3.8) is 0 Å². The van der Waals surface area contributed by atoms with E-state index in [1.807, 2.05) is 13.0 Å². The highest BCUT2D eigenvalue weighted by Crippen LogP contribution is 2.26. The van der Waals surface area contributed by atoms with Gasteiger partial charge >= 0.3 is 0 Å². The molecule has 23 heavy (non-hydrogen) atoms. The van der Waals surface area contributed by atoms with Crippen LogP contribution in [-0.4, -0.2) is 10.7 Å². The second kappa shape index (κ2) is 7.38. The minimum atomic E-state index is 0.800. The summed E-state index contributed by atoms with van der Waals surface area (Å²) in [5.41, 5.74) is 7.45. The maximum Gasteiger partial charge on any atom is 0.203 e. The summed E-state index contributed by atoms with van der Waals surface area (Å²) in [5.74, 6) is 0. The summed E-state index contributed by atoms with van der Waals surface area (Å²) in [4.78, 5) is 5.74. The Morgan fingerprint density at radius 2 is 2.00 bits per heavy atom. The van der Waals surface area contributed by atoms with Crippen LogP contribution in [0.2, 0.25) is 0 Å². The molecule has 0 aliphatic rings. The fourth-order valence-corrected chi connectivity index (χ4v) is 4.06. The van der Waals surface area contributed by atoms with Gasteiger partial charge in [-0.3, -0.25) is 5.43 Å². The monoisotopic (exact) mass is 405 g/mol. The molecule has 0 amide bonds. The zero-order valence-corrected chi connectivity index (χ0v) is 16.1. The van der Waals surface area contributed by atoms with Crippen molar-refractivity contribution in [3.05, 3.63) is 56.0 Å². The van der Waals surface area contributed by atoms with Gasteiger partial charge in [-0.25, -0.2) is 4.98 Å². The van der Waals surface area contributed by atoms with Crippen LogP contribution in [0.15, 0.2) is 50.7 Å². The molecule has 6 heteroatoms. The van der Waals surface area contributed by atoms with Gasteiger partial charge in [0, 0.05) is 10.9 Å². The van der Waals surface area contributed by atoms with Gasteiger partial charge in [0.05, 0.1) is 20.1 Å². The van der Waals surface area contributed by atoms with Crippen molar-refractivity contribution in [3.8, 4) is 11.3 Å². The van der Waals surface area contributed by atoms with Gasteiger partial charge in [0.25, 0.3) is 0 Å². The van der Waals surface area contributed by atoms with Crippen LogP contribution >= 0.6 is 38.6 Å². The summed E-state index contributed by atoms with van der Waals surface area (Å²) in [6.07, 6.45) is 1.05. The average Bonchev–Trinajstić information content (AvgIpc) is 3.22. The highest BCUT2D eigenvalue weighted by molar-refractivity contribution is 9.11. The number of aromatic nitrogens is 1. The molecule has 0 atom stereocenters. The number of benzene rings is 1. The fraction of sp³-hybridized carbons (Fsp3) is 0.176. The van der Waals surface area contributed by atoms with Crippen molar-refractivity contribution in [2.24, 2.45) is 5.10 Å². The molecule has 0 radical (unpaired) electrons. The molecule has 0 aliphatic heterocycles. The SMILES string of the molecule is CCc1ccc(-c2csc(NN=C(C)c3ccc(Br)s3)n2)cc1. The van der Waals surface area contributed by atoms with E-state index >= 15 is 0 Å². The van der Waals surface area contributed by atoms with Gasteiger partial charge in [-0.05, 0) is 47.0 Å². The minimum absolute atomic E-state index is 0.800. The lowest BCUT2D eigenvalue weighted by Gasteiger charge is -1.99. The summed E-state index contributed by atoms with van der Waals surface area (Å²) >= 11 is 6.70. The van der Waals surface area contributed by atoms with Crippen LogP contribution in [0.25, 0.3) is 11.3 Å². The van der Waals surface area contributed by atoms with E-state index in [1.165, 1.54) is 5.56 Å². The third kappa shape index (κ3) is 4.07. The Hall–Kier alpha value is -1.50. The summed E-state index contributed by atoms with van der Waals surface area (Å²) in [6.45, 7) is 4.15. The second-order valence-electron chi connectivity index (χ2n) is 5.00. The summed E-state index contributed by atoms with van der Waals surface area (Å²) < 4.78 is 1.11. The first-order valence-corrected chi connectivity index (χ1v) is 9.75. The standard InChI is InChI=1S/C17H16BrN3S2/c1-3-12-4-6-13(7-5-12)14-10-22-17(19-14)21-20-11(2)15-8-9-16(18)23-15/h4-10H,3H2,1-2H3,(H,19,21). The van der Waals surface area contributed by atoms with E-state index in [0.29, 0.717) is 0 Å². The van der Waals surface area contributed by atoms with E-state index < -0.39 is 0 Å². The van der Waals surface area contributed by atoms with E-state index in [2.05, 4.69) is 74.1 Å². The number of rotatable bonds is 5. The predicted octanol–water partition coefficient (Wildman–Crippen LogP) is 6.03. The van der Waals surface area contributed by atoms with Gasteiger partial charge < -0.3 is 0 Å². The number of hydrogen-bond donors (Lipinski definition) is 1. The van der Waals surface area contributed by atoms with Crippen LogP contribution in [0.3, 0.4) is 0 Å². The van der Waals surface area contributed by atoms with E-state index in [0.717, 1.165) is 37.2 Å². The lowest BCUT2D eigenvalue weighted by atomic mass is 10.1. The molecule has 0 saturated carbocycles. The van der Waals surface area contributed by atoms with Crippen LogP contribution in [0.1, 0.15) is 24.3 Å². The summed E-state index contributed by atoms with van der Waals surface area (Å²) in [7, 11) is 0. The number of halogens is 1. The Kier molecular flexibility index (Phi) is 5.25. The molecule has 3 aromatic rings. The largest absolute Gasteiger partial charge is 0.252 e. The van der Waals surface area contributed by atoms with Crippen molar-refractivity contribution >= 4 is 49.4 Å². The maximum atomic E-state index is 4.60. The first-order valence-electron chi connectivity index (χ1n) is 7.26. The molecular formula is C17H16BrN3S2. The average molecular weight is 406 g/mol. The van der Waals surface area contributed by atoms with E-state index in [4.69, 9.17) is 0 Å². The molecule has 0 aliphatic carbocycles. The van der Waals surface area contributed by atoms with Crippen LogP contribution in [0, 0.1) is 0 Å². The number of thiophene rings is 1. The molecule has 0 bridgehead atoms. The lowest BCUT2D eigenvalue weighted by Crippen LogP contribution is -1.96. The van der Waals surface area contributed by atoms with Crippen molar-refractivity contribution in [1.82, 2.24) is 4.98 Å². The Labute approximate surface area is 152 Å². The molecule has 1 aromatic carbocycles. The van der Waals surface area contributed by atoms with Gasteiger partial charge in [-0.15, -0.1) is 22.7 Å². The Bertz CT molecular complexity index is 818. The van der Waals surface area contributed by atoms with E-state index in [1.54, 1.807) is 22.7 Å². The first kappa shape index (κ1) is 16.4. The van der Waals surface area contributed by atoms with Crippen LogP contribution < -0.4 is 5.43 Å². The lowest BCUT2D eigenvalue weighted by molar-refractivity contribution is 1.14. The molecule has 0 spiro atoms. The van der Waals surface area contributed by atoms with E-state index in [9.17, 15) is 0 Å². The number of hydrogen-bond acceptors (Lipinski definition) is 5. The van der Waals surface area contributed by atoms with Crippen molar-refractivity contribution < 1.29 is 0 Å². The van der Waals surface area contributed by atoms with Gasteiger partial charge in [-0.2, -0.15) is 5.10 Å². The van der Waals surface area contributed by atoms with Crippen LogP contribution in [0.4, 0.5) is 5.13 Å². The molecule has 3 rings (SSSR count). The number of thiazole rings is 1. The molecule has 2 heterocycles. The normalized spacial score (nSPS) is 11.7. The van der Waals surface area contributed by atoms with E-state index in [-0.39, 0.29) is 0 Å². The third-order valence-corrected chi connectivity index (χ3v) is 5.89. The first-order chi connectivity index (χ1) is 11.2. The smallest absolute Gasteiger partial charge is 0.203 e. The Morgan fingerprint density at radius 1 is 1.22 bits per heavy atom. The quantitative estimate of drug-likeness (QED) is 0.415. The highest BCUT2D eigenvalue weighted by atomic mass is 79.9. The van der Waals surface area contributed by atoms with Gasteiger partial charge in [0.15, 0.2) is 0 Å². The summed E-state index contributed by atoms with van der Waals surface area (Å²) in [5, 5.41) is 7.27. The second-order valence-corrected chi connectivity index (χ2v) is 8.32. The highest BCUT2D eigenvalue weighted by Gasteiger charge is 2.05. The van der Waals surface area contributed by atoms with Crippen molar-refractivity contribution in [2.75, 3.05) is 5.43 Å². The maximum absolute atomic E-state index is 4.60. The molecule has 118 valence electrons. The number of nitrogens with one attached hydrogen (secondary N) is 1. The Morgan fingerprint density at radius 3 is 2.65 bits per heavy atom. The van der Waals surface area contributed by atoms with Crippen molar-refractivity contribution in [2.45, 2.75) is 20.3 Å². The van der Waals surface area contributed by atoms with Crippen LogP contribution in [0.5, 0.6) is 0 Å². The summed E-state index contributed by atoms with van der Waals surface area (Å²) in [6, 6.07) is 12.6. The van der Waals surface area contributed by atoms with Gasteiger partial charge in [0.1, 0.15) is 0 Å². The number of nitrogens with zero attached hydrogens (tertiary/aromatic N) is 2. The number of anilines is 1. The third-order valence-electron chi connectivity index (χ3n) is 3.41. The van der Waals surface area contributed by atoms with Gasteiger partial charge in [0.2, 0.25) is 5.13 Å². The zero-order valence-electron chi connectivity index (χ0n) is 12.8. The minimum Gasteiger partial charge on any atom is -0.252 e. The molecule has 3 nitrogen and oxygen atoms in total. The molecule has 1 N–H and O–H groups in total. The fourth-order valence-electron chi connectivity index (χ4n) is 2.06. The zero-order chi connectivity index (χ0) is 16.2. The predicted molar refractivity (Wildman–Crippen MR) is 105 cm³/mol. The number of hydrazone groups is 1. The molecule has 0 saturated heterocycles. The Balaban J connectivity index is 1.71. The molecular weight excluding hydrogens is 390 g/mol. The molecule has 0 unspecified atom stereocenters. The number of aryl methyl sites for hydroxylation is 1. The molecule has 0 fully saturated rings.